The number of fused-ring (bicyclic) bond motifs is 1. The Morgan fingerprint density at radius 2 is 2.11 bits per heavy atom. The van der Waals surface area contributed by atoms with E-state index < -0.39 is 0 Å². The second-order valence-corrected chi connectivity index (χ2v) is 5.22. The van der Waals surface area contributed by atoms with E-state index in [0.717, 1.165) is 33.5 Å². The van der Waals surface area contributed by atoms with Gasteiger partial charge in [0.1, 0.15) is 5.82 Å². The number of rotatable bonds is 1. The monoisotopic (exact) mass is 323 g/mol. The predicted octanol–water partition coefficient (Wildman–Crippen LogP) is 2.59. The molecule has 0 aliphatic carbocycles. The Morgan fingerprint density at radius 1 is 1.32 bits per heavy atom. The third kappa shape index (κ3) is 2.06. The number of nitrogens with zero attached hydrogens (tertiary/aromatic N) is 2. The van der Waals surface area contributed by atoms with Crippen LogP contribution in [0.2, 0.25) is 0 Å². The molecule has 6 heteroatoms. The number of ether oxygens (including phenoxy) is 2. The van der Waals surface area contributed by atoms with E-state index in [-0.39, 0.29) is 0 Å². The normalized spacial score (nSPS) is 14.2. The quantitative estimate of drug-likeness (QED) is 0.876. The Balaban J connectivity index is 2.22. The summed E-state index contributed by atoms with van der Waals surface area (Å²) in [5, 5.41) is 4.18. The minimum Gasteiger partial charge on any atom is -0.490 e. The molecule has 100 valence electrons. The van der Waals surface area contributed by atoms with Crippen molar-refractivity contribution in [2.45, 2.75) is 6.42 Å². The van der Waals surface area contributed by atoms with E-state index in [1.807, 2.05) is 19.2 Å². The van der Waals surface area contributed by atoms with Gasteiger partial charge in [-0.05, 0) is 12.1 Å². The Labute approximate surface area is 119 Å². The number of halogens is 1. The van der Waals surface area contributed by atoms with Crippen LogP contribution >= 0.6 is 15.9 Å². The standard InChI is InChI=1S/C13H14BrN3O2/c1-17-13(15)8(7-16-17)11-9(14)3-4-10-12(11)19-6-2-5-18-10/h3-4,7H,2,5-6,15H2,1H3. The summed E-state index contributed by atoms with van der Waals surface area (Å²) in [5.41, 5.74) is 7.80. The average molecular weight is 324 g/mol. The Morgan fingerprint density at radius 3 is 2.84 bits per heavy atom. The molecule has 2 aromatic rings. The van der Waals surface area contributed by atoms with Crippen molar-refractivity contribution < 1.29 is 9.47 Å². The zero-order chi connectivity index (χ0) is 13.4. The number of nitrogen functional groups attached to an aromatic ring is 1. The highest BCUT2D eigenvalue weighted by atomic mass is 79.9. The van der Waals surface area contributed by atoms with E-state index in [1.54, 1.807) is 10.9 Å². The van der Waals surface area contributed by atoms with E-state index in [9.17, 15) is 0 Å². The number of aromatic nitrogens is 2. The molecule has 0 saturated carbocycles. The van der Waals surface area contributed by atoms with Crippen molar-refractivity contribution in [2.75, 3.05) is 18.9 Å². The van der Waals surface area contributed by atoms with Gasteiger partial charge in [-0.1, -0.05) is 15.9 Å². The van der Waals surface area contributed by atoms with Gasteiger partial charge < -0.3 is 15.2 Å². The third-order valence-electron chi connectivity index (χ3n) is 3.12. The van der Waals surface area contributed by atoms with Crippen molar-refractivity contribution in [3.05, 3.63) is 22.8 Å². The maximum absolute atomic E-state index is 6.06. The van der Waals surface area contributed by atoms with Crippen LogP contribution in [0.5, 0.6) is 11.5 Å². The predicted molar refractivity (Wildman–Crippen MR) is 76.4 cm³/mol. The zero-order valence-electron chi connectivity index (χ0n) is 10.5. The second kappa shape index (κ2) is 4.77. The van der Waals surface area contributed by atoms with E-state index in [4.69, 9.17) is 15.2 Å². The van der Waals surface area contributed by atoms with Gasteiger partial charge in [0.05, 0.1) is 19.4 Å². The van der Waals surface area contributed by atoms with Crippen LogP contribution in [0, 0.1) is 0 Å². The Hall–Kier alpha value is -1.69. The molecule has 2 heterocycles. The lowest BCUT2D eigenvalue weighted by atomic mass is 10.1. The van der Waals surface area contributed by atoms with Crippen molar-refractivity contribution >= 4 is 21.7 Å². The molecule has 0 amide bonds. The molecule has 5 nitrogen and oxygen atoms in total. The molecule has 0 atom stereocenters. The number of hydrogen-bond donors (Lipinski definition) is 1. The fraction of sp³-hybridized carbons (Fsp3) is 0.308. The highest BCUT2D eigenvalue weighted by Gasteiger charge is 2.21. The molecule has 1 aromatic heterocycles. The molecule has 0 fully saturated rings. The lowest BCUT2D eigenvalue weighted by Crippen LogP contribution is -2.00. The molecule has 3 rings (SSSR count). The summed E-state index contributed by atoms with van der Waals surface area (Å²) in [5.74, 6) is 2.08. The first kappa shape index (κ1) is 12.3. The van der Waals surface area contributed by atoms with Crippen LogP contribution in [0.4, 0.5) is 5.82 Å². The van der Waals surface area contributed by atoms with Crippen LogP contribution in [0.25, 0.3) is 11.1 Å². The zero-order valence-corrected chi connectivity index (χ0v) is 12.1. The maximum atomic E-state index is 6.06. The number of hydrogen-bond acceptors (Lipinski definition) is 4. The summed E-state index contributed by atoms with van der Waals surface area (Å²) < 4.78 is 14.1. The summed E-state index contributed by atoms with van der Waals surface area (Å²) in [4.78, 5) is 0. The molecule has 19 heavy (non-hydrogen) atoms. The van der Waals surface area contributed by atoms with Crippen LogP contribution in [-0.4, -0.2) is 23.0 Å². The minimum atomic E-state index is 0.599. The van der Waals surface area contributed by atoms with Crippen molar-refractivity contribution in [3.8, 4) is 22.6 Å². The highest BCUT2D eigenvalue weighted by molar-refractivity contribution is 9.10. The summed E-state index contributed by atoms with van der Waals surface area (Å²) in [7, 11) is 1.81. The van der Waals surface area contributed by atoms with Gasteiger partial charge in [-0.2, -0.15) is 5.10 Å². The summed E-state index contributed by atoms with van der Waals surface area (Å²) in [6, 6.07) is 3.84. The summed E-state index contributed by atoms with van der Waals surface area (Å²) in [6.45, 7) is 1.30. The largest absolute Gasteiger partial charge is 0.490 e. The fourth-order valence-corrected chi connectivity index (χ4v) is 2.63. The molecular weight excluding hydrogens is 310 g/mol. The minimum absolute atomic E-state index is 0.599. The smallest absolute Gasteiger partial charge is 0.170 e. The molecule has 1 aliphatic heterocycles. The summed E-state index contributed by atoms with van der Waals surface area (Å²) >= 11 is 3.55. The molecule has 0 unspecified atom stereocenters. The molecule has 0 spiro atoms. The Bertz CT molecular complexity index is 625. The van der Waals surface area contributed by atoms with Crippen LogP contribution in [0.1, 0.15) is 6.42 Å². The van der Waals surface area contributed by atoms with Crippen LogP contribution in [0.3, 0.4) is 0 Å². The first-order chi connectivity index (χ1) is 9.18. The molecule has 1 aliphatic rings. The molecule has 2 N–H and O–H groups in total. The average Bonchev–Trinajstić information content (AvgIpc) is 2.63. The van der Waals surface area contributed by atoms with Gasteiger partial charge in [0, 0.05) is 29.1 Å². The molecular formula is C13H14BrN3O2. The van der Waals surface area contributed by atoms with Crippen molar-refractivity contribution in [1.82, 2.24) is 9.78 Å². The van der Waals surface area contributed by atoms with Crippen LogP contribution in [-0.2, 0) is 7.05 Å². The fourth-order valence-electron chi connectivity index (χ4n) is 2.10. The Kier molecular flexibility index (Phi) is 3.10. The number of nitrogens with two attached hydrogens (primary N) is 1. The van der Waals surface area contributed by atoms with E-state index in [1.165, 1.54) is 0 Å². The molecule has 0 radical (unpaired) electrons. The van der Waals surface area contributed by atoms with Crippen molar-refractivity contribution in [2.24, 2.45) is 7.05 Å². The van der Waals surface area contributed by atoms with Crippen molar-refractivity contribution in [1.29, 1.82) is 0 Å². The summed E-state index contributed by atoms with van der Waals surface area (Å²) in [6.07, 6.45) is 2.61. The maximum Gasteiger partial charge on any atom is 0.170 e. The lowest BCUT2D eigenvalue weighted by Gasteiger charge is -2.14. The topological polar surface area (TPSA) is 62.3 Å². The van der Waals surface area contributed by atoms with Crippen molar-refractivity contribution in [3.63, 3.8) is 0 Å². The van der Waals surface area contributed by atoms with Gasteiger partial charge >= 0.3 is 0 Å². The molecule has 0 bridgehead atoms. The van der Waals surface area contributed by atoms with Gasteiger partial charge in [-0.3, -0.25) is 4.68 Å². The van der Waals surface area contributed by atoms with Gasteiger partial charge in [0.15, 0.2) is 11.5 Å². The molecule has 1 aromatic carbocycles. The van der Waals surface area contributed by atoms with Gasteiger partial charge in [-0.15, -0.1) is 0 Å². The third-order valence-corrected chi connectivity index (χ3v) is 3.78. The van der Waals surface area contributed by atoms with E-state index in [0.29, 0.717) is 19.0 Å². The van der Waals surface area contributed by atoms with Gasteiger partial charge in [0.2, 0.25) is 0 Å². The lowest BCUT2D eigenvalue weighted by molar-refractivity contribution is 0.297. The highest BCUT2D eigenvalue weighted by Crippen LogP contribution is 2.45. The van der Waals surface area contributed by atoms with Crippen LogP contribution in [0.15, 0.2) is 22.8 Å². The second-order valence-electron chi connectivity index (χ2n) is 4.37. The van der Waals surface area contributed by atoms with E-state index >= 15 is 0 Å². The van der Waals surface area contributed by atoms with Gasteiger partial charge in [0.25, 0.3) is 0 Å². The number of anilines is 1. The first-order valence-corrected chi connectivity index (χ1v) is 6.83. The van der Waals surface area contributed by atoms with E-state index in [2.05, 4.69) is 21.0 Å². The first-order valence-electron chi connectivity index (χ1n) is 6.04. The van der Waals surface area contributed by atoms with Gasteiger partial charge in [-0.25, -0.2) is 0 Å². The van der Waals surface area contributed by atoms with Crippen LogP contribution < -0.4 is 15.2 Å². The SMILES string of the molecule is Cn1ncc(-c2c(Br)ccc3c2OCCCO3)c1N. The number of benzene rings is 1. The molecule has 0 saturated heterocycles. The number of aryl methyl sites for hydroxylation is 1.